The van der Waals surface area contributed by atoms with Gasteiger partial charge in [0, 0.05) is 19.4 Å². The van der Waals surface area contributed by atoms with Crippen molar-refractivity contribution < 1.29 is 9.59 Å². The lowest BCUT2D eigenvalue weighted by atomic mass is 10.00. The van der Waals surface area contributed by atoms with Crippen LogP contribution in [-0.4, -0.2) is 22.8 Å². The highest BCUT2D eigenvalue weighted by Crippen LogP contribution is 2.24. The average molecular weight is 293 g/mol. The summed E-state index contributed by atoms with van der Waals surface area (Å²) >= 11 is 0. The van der Waals surface area contributed by atoms with Gasteiger partial charge in [-0.2, -0.15) is 0 Å². The number of amides is 2. The maximum absolute atomic E-state index is 11.8. The smallest absolute Gasteiger partial charge is 0.229 e. The molecule has 3 rings (SSSR count). The van der Waals surface area contributed by atoms with Crippen LogP contribution in [0, 0.1) is 0 Å². The molecule has 112 valence electrons. The van der Waals surface area contributed by atoms with Crippen LogP contribution in [0.5, 0.6) is 0 Å². The molecule has 0 saturated carbocycles. The first-order valence-electron chi connectivity index (χ1n) is 7.62. The molecule has 3 heteroatoms. The molecule has 1 atom stereocenters. The SMILES string of the molecule is CC(=O)N1C(=O)CC[C@H]1Cc1ccc(-c2ccccc2)cc1. The number of imide groups is 1. The van der Waals surface area contributed by atoms with Crippen LogP contribution in [0.2, 0.25) is 0 Å². The fraction of sp³-hybridized carbons (Fsp3) is 0.263. The monoisotopic (exact) mass is 293 g/mol. The topological polar surface area (TPSA) is 37.4 Å². The van der Waals surface area contributed by atoms with E-state index in [1.165, 1.54) is 23.0 Å². The molecule has 2 amide bonds. The average Bonchev–Trinajstić information content (AvgIpc) is 2.90. The van der Waals surface area contributed by atoms with E-state index in [1.807, 2.05) is 18.2 Å². The summed E-state index contributed by atoms with van der Waals surface area (Å²) < 4.78 is 0. The summed E-state index contributed by atoms with van der Waals surface area (Å²) in [5, 5.41) is 0. The Labute approximate surface area is 130 Å². The van der Waals surface area contributed by atoms with Gasteiger partial charge in [-0.1, -0.05) is 54.6 Å². The molecule has 1 aliphatic heterocycles. The second-order valence-corrected chi connectivity index (χ2v) is 5.74. The number of hydrogen-bond acceptors (Lipinski definition) is 2. The first-order valence-corrected chi connectivity index (χ1v) is 7.62. The Bertz CT molecular complexity index is 676. The van der Waals surface area contributed by atoms with E-state index in [0.717, 1.165) is 18.4 Å². The molecule has 0 N–H and O–H groups in total. The number of carbonyl (C=O) groups excluding carboxylic acids is 2. The zero-order valence-electron chi connectivity index (χ0n) is 12.7. The lowest BCUT2D eigenvalue weighted by molar-refractivity contribution is -0.142. The molecule has 1 saturated heterocycles. The van der Waals surface area contributed by atoms with E-state index in [0.29, 0.717) is 6.42 Å². The molecular formula is C19H19NO2. The van der Waals surface area contributed by atoms with E-state index < -0.39 is 0 Å². The summed E-state index contributed by atoms with van der Waals surface area (Å²) in [6.45, 7) is 1.47. The third kappa shape index (κ3) is 2.93. The summed E-state index contributed by atoms with van der Waals surface area (Å²) in [5.74, 6) is -0.188. The molecule has 0 aliphatic carbocycles. The minimum absolute atomic E-state index is 0.00701. The third-order valence-corrected chi connectivity index (χ3v) is 4.20. The van der Waals surface area contributed by atoms with Gasteiger partial charge in [-0.15, -0.1) is 0 Å². The number of nitrogens with zero attached hydrogens (tertiary/aromatic N) is 1. The first kappa shape index (κ1) is 14.5. The van der Waals surface area contributed by atoms with Crippen molar-refractivity contribution >= 4 is 11.8 Å². The fourth-order valence-electron chi connectivity index (χ4n) is 3.11. The normalized spacial score (nSPS) is 17.8. The Kier molecular flexibility index (Phi) is 4.05. The van der Waals surface area contributed by atoms with Gasteiger partial charge in [0.1, 0.15) is 0 Å². The highest BCUT2D eigenvalue weighted by atomic mass is 16.2. The van der Waals surface area contributed by atoms with E-state index in [2.05, 4.69) is 36.4 Å². The summed E-state index contributed by atoms with van der Waals surface area (Å²) in [7, 11) is 0. The first-order chi connectivity index (χ1) is 10.6. The minimum atomic E-state index is -0.145. The summed E-state index contributed by atoms with van der Waals surface area (Å²) in [6, 6.07) is 18.6. The number of likely N-dealkylation sites (tertiary alicyclic amines) is 1. The molecule has 0 radical (unpaired) electrons. The van der Waals surface area contributed by atoms with Crippen molar-refractivity contribution in [1.82, 2.24) is 4.90 Å². The van der Waals surface area contributed by atoms with Gasteiger partial charge in [-0.05, 0) is 29.5 Å². The van der Waals surface area contributed by atoms with Crippen molar-refractivity contribution in [2.45, 2.75) is 32.2 Å². The Balaban J connectivity index is 1.74. The zero-order chi connectivity index (χ0) is 15.5. The Hall–Kier alpha value is -2.42. The Morgan fingerprint density at radius 2 is 1.68 bits per heavy atom. The molecule has 2 aromatic rings. The van der Waals surface area contributed by atoms with Gasteiger partial charge in [-0.3, -0.25) is 14.5 Å². The van der Waals surface area contributed by atoms with Crippen molar-refractivity contribution in [3.8, 4) is 11.1 Å². The van der Waals surface area contributed by atoms with Crippen LogP contribution in [-0.2, 0) is 16.0 Å². The van der Waals surface area contributed by atoms with Gasteiger partial charge in [0.15, 0.2) is 0 Å². The van der Waals surface area contributed by atoms with Crippen molar-refractivity contribution in [1.29, 1.82) is 0 Å². The van der Waals surface area contributed by atoms with Crippen LogP contribution in [0.1, 0.15) is 25.3 Å². The quantitative estimate of drug-likeness (QED) is 0.869. The number of benzene rings is 2. The summed E-state index contributed by atoms with van der Waals surface area (Å²) in [4.78, 5) is 24.8. The standard InChI is InChI=1S/C19H19NO2/c1-14(21)20-18(11-12-19(20)22)13-15-7-9-17(10-8-15)16-5-3-2-4-6-16/h2-10,18H,11-13H2,1H3/t18-/m0/s1. The van der Waals surface area contributed by atoms with Gasteiger partial charge in [0.25, 0.3) is 0 Å². The van der Waals surface area contributed by atoms with Gasteiger partial charge >= 0.3 is 0 Å². The predicted molar refractivity (Wildman–Crippen MR) is 86.1 cm³/mol. The second-order valence-electron chi connectivity index (χ2n) is 5.74. The van der Waals surface area contributed by atoms with E-state index >= 15 is 0 Å². The summed E-state index contributed by atoms with van der Waals surface area (Å²) in [6.07, 6.45) is 1.98. The van der Waals surface area contributed by atoms with Crippen molar-refractivity contribution in [2.75, 3.05) is 0 Å². The van der Waals surface area contributed by atoms with Crippen LogP contribution >= 0.6 is 0 Å². The van der Waals surface area contributed by atoms with Crippen molar-refractivity contribution in [2.24, 2.45) is 0 Å². The second kappa shape index (κ2) is 6.14. The lowest BCUT2D eigenvalue weighted by Crippen LogP contribution is -2.38. The van der Waals surface area contributed by atoms with Crippen LogP contribution in [0.4, 0.5) is 0 Å². The van der Waals surface area contributed by atoms with Gasteiger partial charge < -0.3 is 0 Å². The van der Waals surface area contributed by atoms with Gasteiger partial charge in [0.05, 0.1) is 0 Å². The van der Waals surface area contributed by atoms with E-state index in [4.69, 9.17) is 0 Å². The zero-order valence-corrected chi connectivity index (χ0v) is 12.7. The number of carbonyl (C=O) groups is 2. The maximum atomic E-state index is 11.8. The number of hydrogen-bond donors (Lipinski definition) is 0. The predicted octanol–water partition coefficient (Wildman–Crippen LogP) is 3.43. The molecular weight excluding hydrogens is 274 g/mol. The van der Waals surface area contributed by atoms with Crippen molar-refractivity contribution in [3.05, 3.63) is 60.2 Å². The lowest BCUT2D eigenvalue weighted by Gasteiger charge is -2.21. The largest absolute Gasteiger partial charge is 0.279 e. The minimum Gasteiger partial charge on any atom is -0.279 e. The molecule has 3 nitrogen and oxygen atoms in total. The Morgan fingerprint density at radius 3 is 2.32 bits per heavy atom. The van der Waals surface area contributed by atoms with E-state index in [-0.39, 0.29) is 17.9 Å². The molecule has 0 bridgehead atoms. The van der Waals surface area contributed by atoms with Crippen LogP contribution in [0.25, 0.3) is 11.1 Å². The molecule has 22 heavy (non-hydrogen) atoms. The van der Waals surface area contributed by atoms with Crippen LogP contribution in [0.15, 0.2) is 54.6 Å². The molecule has 1 aliphatic rings. The fourth-order valence-corrected chi connectivity index (χ4v) is 3.11. The van der Waals surface area contributed by atoms with E-state index in [9.17, 15) is 9.59 Å². The highest BCUT2D eigenvalue weighted by molar-refractivity contribution is 5.96. The third-order valence-electron chi connectivity index (χ3n) is 4.20. The molecule has 0 unspecified atom stereocenters. The molecule has 0 spiro atoms. The van der Waals surface area contributed by atoms with Gasteiger partial charge in [0.2, 0.25) is 11.8 Å². The molecule has 0 aromatic heterocycles. The van der Waals surface area contributed by atoms with Crippen LogP contribution in [0.3, 0.4) is 0 Å². The molecule has 1 fully saturated rings. The molecule has 2 aromatic carbocycles. The number of rotatable bonds is 3. The van der Waals surface area contributed by atoms with E-state index in [1.54, 1.807) is 0 Å². The molecule has 1 heterocycles. The Morgan fingerprint density at radius 1 is 1.05 bits per heavy atom. The highest BCUT2D eigenvalue weighted by Gasteiger charge is 2.33. The maximum Gasteiger partial charge on any atom is 0.229 e. The van der Waals surface area contributed by atoms with Crippen molar-refractivity contribution in [3.63, 3.8) is 0 Å². The van der Waals surface area contributed by atoms with Crippen LogP contribution < -0.4 is 0 Å². The summed E-state index contributed by atoms with van der Waals surface area (Å²) in [5.41, 5.74) is 3.52. The van der Waals surface area contributed by atoms with Gasteiger partial charge in [-0.25, -0.2) is 0 Å².